The van der Waals surface area contributed by atoms with Gasteiger partial charge in [0.25, 0.3) is 5.91 Å². The van der Waals surface area contributed by atoms with Crippen molar-refractivity contribution >= 4 is 11.8 Å². The molecule has 2 amide bonds. The molecular weight excluding hydrogens is 306 g/mol. The van der Waals surface area contributed by atoms with Crippen LogP contribution in [0.3, 0.4) is 0 Å². The van der Waals surface area contributed by atoms with Crippen LogP contribution < -0.4 is 5.32 Å². The highest BCUT2D eigenvalue weighted by Crippen LogP contribution is 2.26. The maximum atomic E-state index is 13.0. The predicted octanol–water partition coefficient (Wildman–Crippen LogP) is 1.15. The van der Waals surface area contributed by atoms with Gasteiger partial charge < -0.3 is 10.2 Å². The second-order valence-corrected chi connectivity index (χ2v) is 6.29. The van der Waals surface area contributed by atoms with Crippen LogP contribution in [0.4, 0.5) is 0 Å². The van der Waals surface area contributed by atoms with Gasteiger partial charge in [0.1, 0.15) is 12.2 Å². The molecule has 124 valence electrons. The first-order chi connectivity index (χ1) is 11.7. The molecule has 3 heterocycles. The summed E-state index contributed by atoms with van der Waals surface area (Å²) in [6.45, 7) is 0.105. The van der Waals surface area contributed by atoms with Crippen molar-refractivity contribution in [3.8, 4) is 5.82 Å². The Balaban J connectivity index is 1.62. The van der Waals surface area contributed by atoms with Gasteiger partial charge >= 0.3 is 0 Å². The first-order valence-corrected chi connectivity index (χ1v) is 8.30. The number of piperazine rings is 1. The van der Waals surface area contributed by atoms with Crippen molar-refractivity contribution in [1.29, 1.82) is 0 Å². The van der Waals surface area contributed by atoms with E-state index in [1.165, 1.54) is 0 Å². The molecule has 7 nitrogen and oxygen atoms in total. The monoisotopic (exact) mass is 325 g/mol. The third-order valence-corrected chi connectivity index (χ3v) is 4.74. The number of pyridine rings is 1. The van der Waals surface area contributed by atoms with Crippen molar-refractivity contribution in [2.24, 2.45) is 0 Å². The number of carbonyl (C=O) groups is 2. The number of aromatic nitrogens is 3. The van der Waals surface area contributed by atoms with Gasteiger partial charge in [0.2, 0.25) is 5.91 Å². The second-order valence-electron chi connectivity index (χ2n) is 6.29. The lowest BCUT2D eigenvalue weighted by atomic mass is 9.87. The maximum Gasteiger partial charge on any atom is 0.273 e. The van der Waals surface area contributed by atoms with Crippen molar-refractivity contribution in [1.82, 2.24) is 25.0 Å². The summed E-state index contributed by atoms with van der Waals surface area (Å²) in [6.07, 6.45) is 7.48. The van der Waals surface area contributed by atoms with Gasteiger partial charge in [0.05, 0.1) is 6.04 Å². The topological polar surface area (TPSA) is 80.1 Å². The van der Waals surface area contributed by atoms with E-state index in [0.29, 0.717) is 11.5 Å². The predicted molar refractivity (Wildman–Crippen MR) is 86.6 cm³/mol. The summed E-state index contributed by atoms with van der Waals surface area (Å²) < 4.78 is 1.61. The lowest BCUT2D eigenvalue weighted by Crippen LogP contribution is -2.63. The number of hydrogen-bond donors (Lipinski definition) is 1. The molecule has 7 heteroatoms. The summed E-state index contributed by atoms with van der Waals surface area (Å²) in [6, 6.07) is 7.23. The molecule has 2 atom stereocenters. The van der Waals surface area contributed by atoms with Crippen molar-refractivity contribution in [2.75, 3.05) is 6.54 Å². The molecule has 1 saturated carbocycles. The zero-order valence-corrected chi connectivity index (χ0v) is 13.3. The molecule has 1 aliphatic heterocycles. The fourth-order valence-corrected chi connectivity index (χ4v) is 3.62. The Morgan fingerprint density at radius 3 is 2.92 bits per heavy atom. The third-order valence-electron chi connectivity index (χ3n) is 4.74. The Labute approximate surface area is 139 Å². The summed E-state index contributed by atoms with van der Waals surface area (Å²) in [5.74, 6) is 0.318. The molecule has 2 aromatic rings. The SMILES string of the molecule is O=C1CN(C(=O)c2cccc(-n3cccn3)n2)C2CCCCC2N1. The number of rotatable bonds is 2. The van der Waals surface area contributed by atoms with Gasteiger partial charge in [0.15, 0.2) is 5.82 Å². The smallest absolute Gasteiger partial charge is 0.273 e. The van der Waals surface area contributed by atoms with E-state index in [1.54, 1.807) is 46.2 Å². The quantitative estimate of drug-likeness (QED) is 0.898. The Hall–Kier alpha value is -2.70. The minimum Gasteiger partial charge on any atom is -0.350 e. The largest absolute Gasteiger partial charge is 0.350 e. The van der Waals surface area contributed by atoms with Crippen molar-refractivity contribution < 1.29 is 9.59 Å². The zero-order chi connectivity index (χ0) is 16.5. The van der Waals surface area contributed by atoms with Gasteiger partial charge in [-0.25, -0.2) is 9.67 Å². The van der Waals surface area contributed by atoms with Crippen LogP contribution in [0.25, 0.3) is 5.82 Å². The van der Waals surface area contributed by atoms with Crippen LogP contribution in [-0.4, -0.2) is 50.1 Å². The van der Waals surface area contributed by atoms with Gasteiger partial charge in [-0.15, -0.1) is 0 Å². The van der Waals surface area contributed by atoms with E-state index in [9.17, 15) is 9.59 Å². The van der Waals surface area contributed by atoms with Crippen LogP contribution in [0.5, 0.6) is 0 Å². The number of amides is 2. The molecule has 2 fully saturated rings. The van der Waals surface area contributed by atoms with Crippen LogP contribution in [-0.2, 0) is 4.79 Å². The fraction of sp³-hybridized carbons (Fsp3) is 0.412. The van der Waals surface area contributed by atoms with E-state index in [4.69, 9.17) is 0 Å². The summed E-state index contributed by atoms with van der Waals surface area (Å²) >= 11 is 0. The number of carbonyl (C=O) groups excluding carboxylic acids is 2. The molecule has 1 aliphatic carbocycles. The molecule has 0 radical (unpaired) electrons. The van der Waals surface area contributed by atoms with Gasteiger partial charge in [0, 0.05) is 18.4 Å². The number of nitrogens with one attached hydrogen (secondary N) is 1. The van der Waals surface area contributed by atoms with Crippen LogP contribution in [0.15, 0.2) is 36.7 Å². The molecule has 0 bridgehead atoms. The van der Waals surface area contributed by atoms with Gasteiger partial charge in [-0.3, -0.25) is 9.59 Å². The number of fused-ring (bicyclic) bond motifs is 1. The van der Waals surface area contributed by atoms with Crippen LogP contribution in [0.1, 0.15) is 36.2 Å². The molecule has 24 heavy (non-hydrogen) atoms. The van der Waals surface area contributed by atoms with E-state index in [-0.39, 0.29) is 30.4 Å². The molecule has 4 rings (SSSR count). The minimum absolute atomic E-state index is 0.0678. The second kappa shape index (κ2) is 6.07. The van der Waals surface area contributed by atoms with E-state index >= 15 is 0 Å². The highest BCUT2D eigenvalue weighted by molar-refractivity contribution is 5.96. The minimum atomic E-state index is -0.184. The van der Waals surface area contributed by atoms with Gasteiger partial charge in [-0.1, -0.05) is 18.9 Å². The van der Waals surface area contributed by atoms with E-state index in [1.807, 2.05) is 0 Å². The Morgan fingerprint density at radius 1 is 1.21 bits per heavy atom. The van der Waals surface area contributed by atoms with Crippen LogP contribution in [0, 0.1) is 0 Å². The normalized spacial score (nSPS) is 23.5. The lowest BCUT2D eigenvalue weighted by Gasteiger charge is -2.43. The Bertz CT molecular complexity index is 758. The highest BCUT2D eigenvalue weighted by Gasteiger charge is 2.39. The summed E-state index contributed by atoms with van der Waals surface area (Å²) in [5.41, 5.74) is 0.349. The summed E-state index contributed by atoms with van der Waals surface area (Å²) in [4.78, 5) is 31.1. The first-order valence-electron chi connectivity index (χ1n) is 8.30. The highest BCUT2D eigenvalue weighted by atomic mass is 16.2. The number of nitrogens with zero attached hydrogens (tertiary/aromatic N) is 4. The molecule has 0 spiro atoms. The van der Waals surface area contributed by atoms with E-state index in [2.05, 4.69) is 15.4 Å². The lowest BCUT2D eigenvalue weighted by molar-refractivity contribution is -0.127. The average molecular weight is 325 g/mol. The molecule has 1 N–H and O–H groups in total. The summed E-state index contributed by atoms with van der Waals surface area (Å²) in [7, 11) is 0. The molecule has 0 aromatic carbocycles. The summed E-state index contributed by atoms with van der Waals surface area (Å²) in [5, 5.41) is 7.16. The van der Waals surface area contributed by atoms with E-state index in [0.717, 1.165) is 25.7 Å². The number of hydrogen-bond acceptors (Lipinski definition) is 4. The average Bonchev–Trinajstić information content (AvgIpc) is 3.15. The van der Waals surface area contributed by atoms with Crippen molar-refractivity contribution in [2.45, 2.75) is 37.8 Å². The molecular formula is C17H19N5O2. The standard InChI is InChI=1S/C17H19N5O2/c23-16-11-21(14-7-2-1-5-12(14)20-16)17(24)13-6-3-8-15(19-13)22-10-4-9-18-22/h3-4,6,8-10,12,14H,1-2,5,7,11H2,(H,20,23). The van der Waals surface area contributed by atoms with Crippen LogP contribution in [0.2, 0.25) is 0 Å². The van der Waals surface area contributed by atoms with Crippen LogP contribution >= 0.6 is 0 Å². The Morgan fingerprint density at radius 2 is 2.08 bits per heavy atom. The zero-order valence-electron chi connectivity index (χ0n) is 13.3. The molecule has 2 unspecified atom stereocenters. The fourth-order valence-electron chi connectivity index (χ4n) is 3.62. The molecule has 2 aliphatic rings. The Kier molecular flexibility index (Phi) is 3.76. The van der Waals surface area contributed by atoms with Crippen molar-refractivity contribution in [3.63, 3.8) is 0 Å². The van der Waals surface area contributed by atoms with Gasteiger partial charge in [-0.05, 0) is 31.0 Å². The third kappa shape index (κ3) is 2.66. The molecule has 1 saturated heterocycles. The van der Waals surface area contributed by atoms with Gasteiger partial charge in [-0.2, -0.15) is 5.10 Å². The first kappa shape index (κ1) is 14.9. The maximum absolute atomic E-state index is 13.0. The van der Waals surface area contributed by atoms with E-state index < -0.39 is 0 Å². The van der Waals surface area contributed by atoms with Crippen molar-refractivity contribution in [3.05, 3.63) is 42.4 Å². The molecule has 2 aromatic heterocycles.